The van der Waals surface area contributed by atoms with Crippen molar-refractivity contribution in [2.75, 3.05) is 4.72 Å². The average molecular weight is 267 g/mol. The lowest BCUT2D eigenvalue weighted by atomic mass is 10.2. The summed E-state index contributed by atoms with van der Waals surface area (Å²) in [4.78, 5) is 0.0857. The number of hydrogen-bond donors (Lipinski definition) is 3. The van der Waals surface area contributed by atoms with Crippen LogP contribution in [-0.4, -0.2) is 23.7 Å². The summed E-state index contributed by atoms with van der Waals surface area (Å²) in [5.41, 5.74) is 1.44. The molecule has 7 heteroatoms. The van der Waals surface area contributed by atoms with Gasteiger partial charge in [0.2, 0.25) is 0 Å². The van der Waals surface area contributed by atoms with E-state index in [0.29, 0.717) is 16.9 Å². The first kappa shape index (κ1) is 12.4. The SMILES string of the molecule is Cc1ccc(NS(=O)(=O)c2cn[nH]c2C)cc1O. The minimum atomic E-state index is -3.69. The summed E-state index contributed by atoms with van der Waals surface area (Å²) in [5, 5.41) is 15.8. The molecule has 0 radical (unpaired) electrons. The Kier molecular flexibility index (Phi) is 3.00. The van der Waals surface area contributed by atoms with Gasteiger partial charge in [-0.2, -0.15) is 5.10 Å². The second kappa shape index (κ2) is 4.34. The Hall–Kier alpha value is -2.02. The lowest BCUT2D eigenvalue weighted by Gasteiger charge is -2.08. The van der Waals surface area contributed by atoms with Crippen molar-refractivity contribution in [3.63, 3.8) is 0 Å². The van der Waals surface area contributed by atoms with Crippen molar-refractivity contribution in [1.29, 1.82) is 0 Å². The van der Waals surface area contributed by atoms with Crippen molar-refractivity contribution in [3.05, 3.63) is 35.7 Å². The number of phenols is 1. The van der Waals surface area contributed by atoms with Crippen molar-refractivity contribution in [2.45, 2.75) is 18.7 Å². The van der Waals surface area contributed by atoms with Crippen LogP contribution >= 0.6 is 0 Å². The second-order valence-corrected chi connectivity index (χ2v) is 5.62. The fourth-order valence-corrected chi connectivity index (χ4v) is 2.68. The van der Waals surface area contributed by atoms with Gasteiger partial charge in [0.1, 0.15) is 10.6 Å². The zero-order chi connectivity index (χ0) is 13.3. The van der Waals surface area contributed by atoms with Gasteiger partial charge in [-0.05, 0) is 25.5 Å². The van der Waals surface area contributed by atoms with Crippen molar-refractivity contribution in [3.8, 4) is 5.75 Å². The van der Waals surface area contributed by atoms with Crippen LogP contribution in [0.5, 0.6) is 5.75 Å². The van der Waals surface area contributed by atoms with E-state index in [1.807, 2.05) is 0 Å². The highest BCUT2D eigenvalue weighted by atomic mass is 32.2. The molecule has 0 fully saturated rings. The standard InChI is InChI=1S/C11H13N3O3S/c1-7-3-4-9(5-10(7)15)14-18(16,17)11-6-12-13-8(11)2/h3-6,14-15H,1-2H3,(H,12,13). The molecule has 0 bridgehead atoms. The Morgan fingerprint density at radius 1 is 1.33 bits per heavy atom. The monoisotopic (exact) mass is 267 g/mol. The predicted molar refractivity (Wildman–Crippen MR) is 67.0 cm³/mol. The van der Waals surface area contributed by atoms with Crippen molar-refractivity contribution >= 4 is 15.7 Å². The van der Waals surface area contributed by atoms with Crippen LogP contribution in [0.4, 0.5) is 5.69 Å². The van der Waals surface area contributed by atoms with Crippen LogP contribution < -0.4 is 4.72 Å². The highest BCUT2D eigenvalue weighted by Gasteiger charge is 2.18. The molecule has 1 aromatic carbocycles. The summed E-state index contributed by atoms with van der Waals surface area (Å²) >= 11 is 0. The highest BCUT2D eigenvalue weighted by molar-refractivity contribution is 7.92. The number of sulfonamides is 1. The Labute approximate surface area is 105 Å². The molecule has 3 N–H and O–H groups in total. The van der Waals surface area contributed by atoms with Gasteiger partial charge >= 0.3 is 0 Å². The number of nitrogens with zero attached hydrogens (tertiary/aromatic N) is 1. The van der Waals surface area contributed by atoms with Crippen LogP contribution in [0.1, 0.15) is 11.3 Å². The molecule has 1 aromatic heterocycles. The lowest BCUT2D eigenvalue weighted by Crippen LogP contribution is -2.13. The topological polar surface area (TPSA) is 95.1 Å². The van der Waals surface area contributed by atoms with Gasteiger partial charge in [-0.25, -0.2) is 8.42 Å². The molecule has 0 aliphatic heterocycles. The molecule has 0 saturated carbocycles. The first-order valence-corrected chi connectivity index (χ1v) is 6.71. The molecule has 18 heavy (non-hydrogen) atoms. The summed E-state index contributed by atoms with van der Waals surface area (Å²) in [7, 11) is -3.69. The minimum Gasteiger partial charge on any atom is -0.508 e. The third-order valence-electron chi connectivity index (χ3n) is 2.53. The third-order valence-corrected chi connectivity index (χ3v) is 4.03. The van der Waals surface area contributed by atoms with Crippen LogP contribution in [0.25, 0.3) is 0 Å². The Morgan fingerprint density at radius 3 is 2.61 bits per heavy atom. The van der Waals surface area contributed by atoms with Gasteiger partial charge in [0.25, 0.3) is 10.0 Å². The number of aromatic amines is 1. The molecule has 2 rings (SSSR count). The molecule has 0 unspecified atom stereocenters. The summed E-state index contributed by atoms with van der Waals surface area (Å²) < 4.78 is 26.4. The van der Waals surface area contributed by atoms with Gasteiger partial charge in [0.05, 0.1) is 17.6 Å². The molecule has 0 aliphatic carbocycles. The van der Waals surface area contributed by atoms with Gasteiger partial charge in [0, 0.05) is 6.07 Å². The number of anilines is 1. The number of phenolic OH excluding ortho intramolecular Hbond substituents is 1. The number of benzene rings is 1. The summed E-state index contributed by atoms with van der Waals surface area (Å²) in [5.74, 6) is 0.0408. The Bertz CT molecular complexity index is 677. The normalized spacial score (nSPS) is 11.4. The van der Waals surface area contributed by atoms with E-state index in [9.17, 15) is 13.5 Å². The van der Waals surface area contributed by atoms with E-state index < -0.39 is 10.0 Å². The van der Waals surface area contributed by atoms with E-state index in [-0.39, 0.29) is 10.6 Å². The van der Waals surface area contributed by atoms with E-state index in [0.717, 1.165) is 0 Å². The first-order valence-electron chi connectivity index (χ1n) is 5.22. The van der Waals surface area contributed by atoms with Crippen molar-refractivity contribution < 1.29 is 13.5 Å². The number of hydrogen-bond acceptors (Lipinski definition) is 4. The molecular formula is C11H13N3O3S. The molecule has 0 saturated heterocycles. The highest BCUT2D eigenvalue weighted by Crippen LogP contribution is 2.23. The van der Waals surface area contributed by atoms with E-state index in [2.05, 4.69) is 14.9 Å². The number of rotatable bonds is 3. The molecule has 0 atom stereocenters. The van der Waals surface area contributed by atoms with Gasteiger partial charge < -0.3 is 5.11 Å². The second-order valence-electron chi connectivity index (χ2n) is 3.97. The summed E-state index contributed by atoms with van der Waals surface area (Å²) in [6.07, 6.45) is 1.24. The van der Waals surface area contributed by atoms with Crippen LogP contribution in [0, 0.1) is 13.8 Å². The quantitative estimate of drug-likeness (QED) is 0.786. The van der Waals surface area contributed by atoms with E-state index in [1.165, 1.54) is 12.3 Å². The number of nitrogens with one attached hydrogen (secondary N) is 2. The molecule has 96 valence electrons. The summed E-state index contributed by atoms with van der Waals surface area (Å²) in [6.45, 7) is 3.35. The largest absolute Gasteiger partial charge is 0.508 e. The fraction of sp³-hybridized carbons (Fsp3) is 0.182. The molecule has 6 nitrogen and oxygen atoms in total. The maximum atomic E-state index is 12.0. The van der Waals surface area contributed by atoms with Crippen LogP contribution in [0.15, 0.2) is 29.3 Å². The van der Waals surface area contributed by atoms with Crippen LogP contribution in [-0.2, 0) is 10.0 Å². The maximum Gasteiger partial charge on any atom is 0.265 e. The minimum absolute atomic E-state index is 0.0408. The molecule has 0 amide bonds. The van der Waals surface area contributed by atoms with Crippen LogP contribution in [0.2, 0.25) is 0 Å². The molecule has 0 spiro atoms. The molecule has 0 aliphatic rings. The number of aromatic nitrogens is 2. The van der Waals surface area contributed by atoms with Crippen molar-refractivity contribution in [1.82, 2.24) is 10.2 Å². The molecule has 1 heterocycles. The third kappa shape index (κ3) is 2.30. The van der Waals surface area contributed by atoms with E-state index in [1.54, 1.807) is 26.0 Å². The Morgan fingerprint density at radius 2 is 2.06 bits per heavy atom. The first-order chi connectivity index (χ1) is 8.40. The lowest BCUT2D eigenvalue weighted by molar-refractivity contribution is 0.471. The zero-order valence-corrected chi connectivity index (χ0v) is 10.7. The fourth-order valence-electron chi connectivity index (χ4n) is 1.49. The van der Waals surface area contributed by atoms with E-state index in [4.69, 9.17) is 0 Å². The maximum absolute atomic E-state index is 12.0. The van der Waals surface area contributed by atoms with Gasteiger partial charge in [-0.3, -0.25) is 9.82 Å². The Balaban J connectivity index is 2.34. The number of H-pyrrole nitrogens is 1. The average Bonchev–Trinajstić information content (AvgIpc) is 2.70. The van der Waals surface area contributed by atoms with Gasteiger partial charge in [-0.1, -0.05) is 6.07 Å². The summed E-state index contributed by atoms with van der Waals surface area (Å²) in [6, 6.07) is 4.58. The number of aryl methyl sites for hydroxylation is 2. The zero-order valence-electron chi connectivity index (χ0n) is 9.93. The van der Waals surface area contributed by atoms with Gasteiger partial charge in [0.15, 0.2) is 0 Å². The molecule has 2 aromatic rings. The smallest absolute Gasteiger partial charge is 0.265 e. The number of aromatic hydroxyl groups is 1. The predicted octanol–water partition coefficient (Wildman–Crippen LogP) is 1.53. The van der Waals surface area contributed by atoms with Gasteiger partial charge in [-0.15, -0.1) is 0 Å². The molecular weight excluding hydrogens is 254 g/mol. The van der Waals surface area contributed by atoms with E-state index >= 15 is 0 Å². The van der Waals surface area contributed by atoms with Crippen molar-refractivity contribution in [2.24, 2.45) is 0 Å². The van der Waals surface area contributed by atoms with Crippen LogP contribution in [0.3, 0.4) is 0 Å².